The lowest BCUT2D eigenvalue weighted by Gasteiger charge is -2.28. The molecule has 22 heavy (non-hydrogen) atoms. The molecule has 0 N–H and O–H groups in total. The van der Waals surface area contributed by atoms with Gasteiger partial charge in [-0.05, 0) is 6.42 Å². The monoisotopic (exact) mass is 438 g/mol. The molecule has 8 nitrogen and oxygen atoms in total. The maximum absolute atomic E-state index is 11.5. The maximum atomic E-state index is 11.5. The smallest absolute Gasteiger partial charge is 0.335 e. The van der Waals surface area contributed by atoms with Crippen LogP contribution in [0, 0.1) is 10.1 Å². The van der Waals surface area contributed by atoms with E-state index in [4.69, 9.17) is 9.47 Å². The van der Waals surface area contributed by atoms with Crippen LogP contribution in [0.1, 0.15) is 22.8 Å². The van der Waals surface area contributed by atoms with Gasteiger partial charge >= 0.3 is 11.7 Å². The van der Waals surface area contributed by atoms with E-state index in [9.17, 15) is 10.1 Å². The van der Waals surface area contributed by atoms with Crippen LogP contribution in [-0.2, 0) is 4.74 Å². The molecule has 2 heterocycles. The molecule has 1 aromatic rings. The molecule has 0 saturated carbocycles. The van der Waals surface area contributed by atoms with E-state index in [-0.39, 0.29) is 23.2 Å². The molecule has 1 aliphatic rings. The number of aromatic nitrogens is 2. The standard InChI is InChI=1S/C12H16Br2N4O4/c1-2-5-22-12-15-8(10(13)14)9(18(19)20)11(16-12)17-3-6-21-7-4-17/h10H,2-7H2,1H3. The summed E-state index contributed by atoms with van der Waals surface area (Å²) in [6.07, 6.45) is 0.800. The Balaban J connectivity index is 2.49. The van der Waals surface area contributed by atoms with Crippen LogP contribution in [0.3, 0.4) is 0 Å². The van der Waals surface area contributed by atoms with Crippen LogP contribution in [0.2, 0.25) is 0 Å². The molecule has 1 aliphatic heterocycles. The first kappa shape index (κ1) is 17.4. The summed E-state index contributed by atoms with van der Waals surface area (Å²) in [5.41, 5.74) is 0.122. The summed E-state index contributed by atoms with van der Waals surface area (Å²) >= 11 is 6.57. The van der Waals surface area contributed by atoms with E-state index in [1.807, 2.05) is 11.8 Å². The summed E-state index contributed by atoms with van der Waals surface area (Å²) in [7, 11) is 0. The van der Waals surface area contributed by atoms with Crippen LogP contribution in [0.15, 0.2) is 0 Å². The second-order valence-corrected chi connectivity index (χ2v) is 7.63. The van der Waals surface area contributed by atoms with Crippen molar-refractivity contribution >= 4 is 43.4 Å². The molecule has 10 heteroatoms. The fraction of sp³-hybridized carbons (Fsp3) is 0.667. The third kappa shape index (κ3) is 4.05. The summed E-state index contributed by atoms with van der Waals surface area (Å²) in [5, 5.41) is 11.5. The second-order valence-electron chi connectivity index (χ2n) is 4.57. The van der Waals surface area contributed by atoms with E-state index in [1.165, 1.54) is 0 Å². The molecule has 0 atom stereocenters. The second kappa shape index (κ2) is 8.02. The minimum Gasteiger partial charge on any atom is -0.463 e. The first-order valence-electron chi connectivity index (χ1n) is 6.84. The van der Waals surface area contributed by atoms with Crippen LogP contribution in [0.4, 0.5) is 11.5 Å². The van der Waals surface area contributed by atoms with Crippen LogP contribution in [0.5, 0.6) is 6.01 Å². The van der Waals surface area contributed by atoms with Crippen molar-refractivity contribution in [3.63, 3.8) is 0 Å². The van der Waals surface area contributed by atoms with E-state index in [0.29, 0.717) is 32.9 Å². The van der Waals surface area contributed by atoms with Crippen molar-refractivity contribution in [2.45, 2.75) is 17.1 Å². The van der Waals surface area contributed by atoms with Gasteiger partial charge in [-0.1, -0.05) is 38.8 Å². The van der Waals surface area contributed by atoms with Gasteiger partial charge in [-0.25, -0.2) is 0 Å². The van der Waals surface area contributed by atoms with Gasteiger partial charge in [0.25, 0.3) is 0 Å². The topological polar surface area (TPSA) is 90.6 Å². The Morgan fingerprint density at radius 1 is 1.41 bits per heavy atom. The van der Waals surface area contributed by atoms with Gasteiger partial charge in [-0.15, -0.1) is 0 Å². The molecule has 1 fully saturated rings. The van der Waals surface area contributed by atoms with Crippen molar-refractivity contribution in [1.29, 1.82) is 0 Å². The molecule has 0 bridgehead atoms. The molecule has 0 spiro atoms. The number of nitro groups is 1. The first-order valence-corrected chi connectivity index (χ1v) is 8.67. The number of hydrogen-bond acceptors (Lipinski definition) is 7. The Morgan fingerprint density at radius 3 is 2.64 bits per heavy atom. The van der Waals surface area contributed by atoms with Crippen LogP contribution in [0.25, 0.3) is 0 Å². The molecule has 0 aliphatic carbocycles. The number of hydrogen-bond donors (Lipinski definition) is 0. The van der Waals surface area contributed by atoms with Gasteiger partial charge in [0.1, 0.15) is 3.74 Å². The SMILES string of the molecule is CCCOc1nc(C(Br)Br)c([N+](=O)[O-])c(N2CCOCC2)n1. The average molecular weight is 440 g/mol. The number of halogens is 2. The Bertz CT molecular complexity index is 538. The third-order valence-corrected chi connectivity index (χ3v) is 3.87. The highest BCUT2D eigenvalue weighted by Gasteiger charge is 2.32. The number of alkyl halides is 2. The number of nitrogens with zero attached hydrogens (tertiary/aromatic N) is 4. The molecule has 1 saturated heterocycles. The van der Waals surface area contributed by atoms with E-state index in [0.717, 1.165) is 6.42 Å². The van der Waals surface area contributed by atoms with Crippen molar-refractivity contribution < 1.29 is 14.4 Å². The van der Waals surface area contributed by atoms with Gasteiger partial charge < -0.3 is 14.4 Å². The van der Waals surface area contributed by atoms with Gasteiger partial charge in [0.05, 0.1) is 24.7 Å². The van der Waals surface area contributed by atoms with E-state index >= 15 is 0 Å². The van der Waals surface area contributed by atoms with Crippen LogP contribution >= 0.6 is 31.9 Å². The number of anilines is 1. The van der Waals surface area contributed by atoms with Crippen molar-refractivity contribution in [3.05, 3.63) is 15.8 Å². The zero-order valence-electron chi connectivity index (χ0n) is 12.0. The minimum absolute atomic E-state index is 0.121. The van der Waals surface area contributed by atoms with Crippen molar-refractivity contribution in [1.82, 2.24) is 9.97 Å². The molecule has 122 valence electrons. The number of rotatable bonds is 6. The van der Waals surface area contributed by atoms with Gasteiger partial charge in [0.2, 0.25) is 5.82 Å². The Morgan fingerprint density at radius 2 is 2.09 bits per heavy atom. The fourth-order valence-electron chi connectivity index (χ4n) is 2.02. The Labute approximate surface area is 144 Å². The Kier molecular flexibility index (Phi) is 6.33. The van der Waals surface area contributed by atoms with Crippen molar-refractivity contribution in [2.75, 3.05) is 37.8 Å². The number of morpholine rings is 1. The summed E-state index contributed by atoms with van der Waals surface area (Å²) in [4.78, 5) is 21.3. The summed E-state index contributed by atoms with van der Waals surface area (Å²) in [6, 6.07) is 0.146. The molecule has 0 aromatic carbocycles. The van der Waals surface area contributed by atoms with Crippen LogP contribution < -0.4 is 9.64 Å². The first-order chi connectivity index (χ1) is 10.5. The molecule has 1 aromatic heterocycles. The third-order valence-electron chi connectivity index (χ3n) is 3.01. The molecule has 0 radical (unpaired) electrons. The van der Waals surface area contributed by atoms with E-state index in [1.54, 1.807) is 0 Å². The predicted octanol–water partition coefficient (Wildman–Crippen LogP) is 2.80. The predicted molar refractivity (Wildman–Crippen MR) is 88.1 cm³/mol. The van der Waals surface area contributed by atoms with E-state index in [2.05, 4.69) is 41.8 Å². The molecule has 0 unspecified atom stereocenters. The lowest BCUT2D eigenvalue weighted by atomic mass is 10.3. The van der Waals surface area contributed by atoms with Crippen molar-refractivity contribution in [3.8, 4) is 6.01 Å². The molecule has 2 rings (SSSR count). The normalized spacial score (nSPS) is 15.2. The van der Waals surface area contributed by atoms with Gasteiger partial charge in [0, 0.05) is 13.1 Å². The lowest BCUT2D eigenvalue weighted by Crippen LogP contribution is -2.37. The summed E-state index contributed by atoms with van der Waals surface area (Å²) in [6.45, 7) is 4.52. The zero-order chi connectivity index (χ0) is 16.1. The quantitative estimate of drug-likeness (QED) is 0.382. The minimum atomic E-state index is -0.466. The highest BCUT2D eigenvalue weighted by Crippen LogP contribution is 2.40. The lowest BCUT2D eigenvalue weighted by molar-refractivity contribution is -0.385. The average Bonchev–Trinajstić information content (AvgIpc) is 2.52. The molecule has 0 amide bonds. The van der Waals surface area contributed by atoms with Gasteiger partial charge in [-0.2, -0.15) is 9.97 Å². The number of ether oxygens (including phenoxy) is 2. The van der Waals surface area contributed by atoms with E-state index < -0.39 is 8.66 Å². The fourth-order valence-corrected chi connectivity index (χ4v) is 2.66. The Hall–Kier alpha value is -1.00. The van der Waals surface area contributed by atoms with Crippen LogP contribution in [-0.4, -0.2) is 47.8 Å². The zero-order valence-corrected chi connectivity index (χ0v) is 15.2. The summed E-state index contributed by atoms with van der Waals surface area (Å²) in [5.74, 6) is 0.272. The molecular weight excluding hydrogens is 424 g/mol. The largest absolute Gasteiger partial charge is 0.463 e. The molecular formula is C12H16Br2N4O4. The highest BCUT2D eigenvalue weighted by atomic mass is 79.9. The summed E-state index contributed by atoms with van der Waals surface area (Å²) < 4.78 is 10.3. The maximum Gasteiger partial charge on any atom is 0.335 e. The van der Waals surface area contributed by atoms with Gasteiger partial charge in [0.15, 0.2) is 5.69 Å². The highest BCUT2D eigenvalue weighted by molar-refractivity contribution is 9.24. The van der Waals surface area contributed by atoms with Crippen molar-refractivity contribution in [2.24, 2.45) is 0 Å². The van der Waals surface area contributed by atoms with Gasteiger partial charge in [-0.3, -0.25) is 10.1 Å².